The third-order valence-electron chi connectivity index (χ3n) is 3.76. The predicted molar refractivity (Wildman–Crippen MR) is 85.0 cm³/mol. The zero-order valence-corrected chi connectivity index (χ0v) is 15.0. The molecule has 28 heavy (non-hydrogen) atoms. The lowest BCUT2D eigenvalue weighted by atomic mass is 10.0. The number of nitroso groups, excluding NO2 is 1. The summed E-state index contributed by atoms with van der Waals surface area (Å²) in [6, 6.07) is 1.07. The SMILES string of the molecule is CCS(=O)(=O)c1nc(CN=O)cn1Cc1ccc(C(F)(F)F)cc1C(F)(F)F. The molecule has 0 N–H and O–H groups in total. The molecule has 0 fully saturated rings. The molecule has 0 saturated heterocycles. The maximum absolute atomic E-state index is 13.3. The van der Waals surface area contributed by atoms with Gasteiger partial charge in [0.1, 0.15) is 6.54 Å². The highest BCUT2D eigenvalue weighted by Crippen LogP contribution is 2.37. The topological polar surface area (TPSA) is 81.4 Å². The van der Waals surface area contributed by atoms with Gasteiger partial charge in [0.15, 0.2) is 0 Å². The van der Waals surface area contributed by atoms with E-state index in [4.69, 9.17) is 0 Å². The highest BCUT2D eigenvalue weighted by atomic mass is 32.2. The van der Waals surface area contributed by atoms with Gasteiger partial charge < -0.3 is 4.57 Å². The number of hydrogen-bond donors (Lipinski definition) is 0. The lowest BCUT2D eigenvalue weighted by Gasteiger charge is -2.17. The average Bonchev–Trinajstić information content (AvgIpc) is 2.97. The van der Waals surface area contributed by atoms with E-state index in [1.807, 2.05) is 0 Å². The van der Waals surface area contributed by atoms with E-state index in [0.717, 1.165) is 10.8 Å². The molecule has 0 saturated carbocycles. The Kier molecular flexibility index (Phi) is 5.87. The third-order valence-corrected chi connectivity index (χ3v) is 5.40. The van der Waals surface area contributed by atoms with Crippen molar-refractivity contribution in [2.24, 2.45) is 5.18 Å². The van der Waals surface area contributed by atoms with Gasteiger partial charge in [-0.3, -0.25) is 0 Å². The number of aromatic nitrogens is 2. The van der Waals surface area contributed by atoms with E-state index in [1.54, 1.807) is 0 Å². The van der Waals surface area contributed by atoms with Crippen molar-refractivity contribution in [1.82, 2.24) is 9.55 Å². The van der Waals surface area contributed by atoms with Crippen LogP contribution in [0.3, 0.4) is 0 Å². The summed E-state index contributed by atoms with van der Waals surface area (Å²) in [5.74, 6) is -0.420. The molecule has 0 spiro atoms. The summed E-state index contributed by atoms with van der Waals surface area (Å²) in [6.45, 7) is 0.0526. The standard InChI is InChI=1S/C15H13F6N3O3S/c1-2-28(26,27)13-23-11(6-22-25)8-24(13)7-9-3-4-10(14(16,17)18)5-12(9)15(19,20)21/h3-5,8H,2,6-7H2,1H3. The lowest BCUT2D eigenvalue weighted by Crippen LogP contribution is -2.17. The Balaban J connectivity index is 2.61. The number of rotatable bonds is 6. The molecule has 0 amide bonds. The van der Waals surface area contributed by atoms with Gasteiger partial charge in [-0.15, -0.1) is 0 Å². The summed E-state index contributed by atoms with van der Waals surface area (Å²) in [5, 5.41) is 1.95. The smallest absolute Gasteiger partial charge is 0.317 e. The van der Waals surface area contributed by atoms with Gasteiger partial charge >= 0.3 is 12.4 Å². The van der Waals surface area contributed by atoms with Gasteiger partial charge in [0.05, 0.1) is 29.1 Å². The second-order valence-corrected chi connectivity index (χ2v) is 7.87. The monoisotopic (exact) mass is 429 g/mol. The van der Waals surface area contributed by atoms with E-state index in [9.17, 15) is 39.7 Å². The number of halogens is 6. The van der Waals surface area contributed by atoms with Crippen LogP contribution in [0.5, 0.6) is 0 Å². The number of nitrogens with zero attached hydrogens (tertiary/aromatic N) is 3. The van der Waals surface area contributed by atoms with Crippen LogP contribution in [-0.4, -0.2) is 23.7 Å². The van der Waals surface area contributed by atoms with Crippen molar-refractivity contribution in [2.45, 2.75) is 37.5 Å². The van der Waals surface area contributed by atoms with E-state index >= 15 is 0 Å². The molecule has 154 valence electrons. The summed E-state index contributed by atoms with van der Waals surface area (Å²) >= 11 is 0. The molecule has 0 aliphatic heterocycles. The van der Waals surface area contributed by atoms with Crippen LogP contribution in [0.15, 0.2) is 34.7 Å². The first-order valence-corrected chi connectivity index (χ1v) is 9.30. The fourth-order valence-electron chi connectivity index (χ4n) is 2.42. The Morgan fingerprint density at radius 2 is 1.75 bits per heavy atom. The highest BCUT2D eigenvalue weighted by Gasteiger charge is 2.38. The van der Waals surface area contributed by atoms with Crippen LogP contribution < -0.4 is 0 Å². The molecular formula is C15H13F6N3O3S. The van der Waals surface area contributed by atoms with E-state index < -0.39 is 62.9 Å². The first-order valence-electron chi connectivity index (χ1n) is 7.64. The maximum Gasteiger partial charge on any atom is 0.416 e. The highest BCUT2D eigenvalue weighted by molar-refractivity contribution is 7.91. The maximum atomic E-state index is 13.3. The van der Waals surface area contributed by atoms with Crippen LogP contribution in [0, 0.1) is 4.91 Å². The second-order valence-electron chi connectivity index (χ2n) is 5.70. The molecular weight excluding hydrogens is 416 g/mol. The fraction of sp³-hybridized carbons (Fsp3) is 0.400. The van der Waals surface area contributed by atoms with Gasteiger partial charge in [0, 0.05) is 6.20 Å². The van der Waals surface area contributed by atoms with Crippen LogP contribution >= 0.6 is 0 Å². The van der Waals surface area contributed by atoms with Gasteiger partial charge in [-0.25, -0.2) is 13.4 Å². The minimum absolute atomic E-state index is 0.0336. The first kappa shape index (κ1) is 21.9. The van der Waals surface area contributed by atoms with Crippen LogP contribution in [0.2, 0.25) is 0 Å². The van der Waals surface area contributed by atoms with E-state index in [2.05, 4.69) is 10.2 Å². The van der Waals surface area contributed by atoms with Crippen molar-refractivity contribution in [3.05, 3.63) is 51.7 Å². The molecule has 0 aliphatic rings. The molecule has 0 aliphatic carbocycles. The zero-order chi connectivity index (χ0) is 21.3. The zero-order valence-electron chi connectivity index (χ0n) is 14.2. The number of sulfone groups is 1. The van der Waals surface area contributed by atoms with Crippen molar-refractivity contribution in [3.8, 4) is 0 Å². The van der Waals surface area contributed by atoms with Crippen LogP contribution in [-0.2, 0) is 35.3 Å². The van der Waals surface area contributed by atoms with Gasteiger partial charge in [0.2, 0.25) is 15.0 Å². The van der Waals surface area contributed by atoms with Crippen molar-refractivity contribution >= 4 is 9.84 Å². The van der Waals surface area contributed by atoms with Gasteiger partial charge in [-0.2, -0.15) is 31.2 Å². The summed E-state index contributed by atoms with van der Waals surface area (Å²) in [6.07, 6.45) is -9.05. The number of alkyl halides is 6. The van der Waals surface area contributed by atoms with E-state index in [0.29, 0.717) is 12.1 Å². The molecule has 0 atom stereocenters. The van der Waals surface area contributed by atoms with Gasteiger partial charge in [-0.1, -0.05) is 18.2 Å². The summed E-state index contributed by atoms with van der Waals surface area (Å²) < 4.78 is 103. The minimum atomic E-state index is -5.10. The molecule has 1 aromatic carbocycles. The third kappa shape index (κ3) is 4.69. The largest absolute Gasteiger partial charge is 0.416 e. The van der Waals surface area contributed by atoms with Crippen molar-refractivity contribution in [2.75, 3.05) is 5.75 Å². The fourth-order valence-corrected chi connectivity index (χ4v) is 3.41. The molecule has 0 unspecified atom stereocenters. The van der Waals surface area contributed by atoms with Crippen molar-refractivity contribution in [3.63, 3.8) is 0 Å². The molecule has 6 nitrogen and oxygen atoms in total. The summed E-state index contributed by atoms with van der Waals surface area (Å²) in [4.78, 5) is 14.1. The summed E-state index contributed by atoms with van der Waals surface area (Å²) in [5.41, 5.74) is -3.72. The Morgan fingerprint density at radius 3 is 2.25 bits per heavy atom. The number of hydrogen-bond acceptors (Lipinski definition) is 5. The second kappa shape index (κ2) is 7.53. The van der Waals surface area contributed by atoms with Gasteiger partial charge in [-0.05, 0) is 17.7 Å². The van der Waals surface area contributed by atoms with Crippen molar-refractivity contribution in [1.29, 1.82) is 0 Å². The van der Waals surface area contributed by atoms with Gasteiger partial charge in [0.25, 0.3) is 0 Å². The Hall–Kier alpha value is -2.44. The normalized spacial score (nSPS) is 13.0. The lowest BCUT2D eigenvalue weighted by molar-refractivity contribution is -0.143. The number of imidazole rings is 1. The molecule has 1 aromatic heterocycles. The van der Waals surface area contributed by atoms with Crippen molar-refractivity contribution < 1.29 is 34.8 Å². The Bertz CT molecular complexity index is 980. The van der Waals surface area contributed by atoms with Crippen LogP contribution in [0.25, 0.3) is 0 Å². The minimum Gasteiger partial charge on any atom is -0.317 e. The average molecular weight is 429 g/mol. The molecule has 0 bridgehead atoms. The van der Waals surface area contributed by atoms with E-state index in [1.165, 1.54) is 6.92 Å². The van der Waals surface area contributed by atoms with Crippen LogP contribution in [0.4, 0.5) is 26.3 Å². The predicted octanol–water partition coefficient (Wildman–Crippen LogP) is 4.03. The molecule has 1 heterocycles. The first-order chi connectivity index (χ1) is 12.8. The Morgan fingerprint density at radius 1 is 1.11 bits per heavy atom. The number of benzene rings is 1. The van der Waals surface area contributed by atoms with E-state index in [-0.39, 0.29) is 11.8 Å². The molecule has 0 radical (unpaired) electrons. The molecule has 2 rings (SSSR count). The Labute approximate surface area is 155 Å². The molecule has 13 heteroatoms. The molecule has 2 aromatic rings. The van der Waals surface area contributed by atoms with Crippen LogP contribution in [0.1, 0.15) is 29.3 Å². The quantitative estimate of drug-likeness (QED) is 0.513. The summed E-state index contributed by atoms with van der Waals surface area (Å²) in [7, 11) is -3.98.